The number of nitrogens with one attached hydrogen (secondary N) is 1. The smallest absolute Gasteiger partial charge is 0.00950 e. The van der Waals surface area contributed by atoms with E-state index in [0.717, 1.165) is 12.0 Å². The summed E-state index contributed by atoms with van der Waals surface area (Å²) < 4.78 is 0. The first kappa shape index (κ1) is 8.06. The molecule has 0 bridgehead atoms. The first-order valence-electron chi connectivity index (χ1n) is 4.46. The van der Waals surface area contributed by atoms with Gasteiger partial charge in [0.15, 0.2) is 0 Å². The molecule has 2 unspecified atom stereocenters. The maximum atomic E-state index is 3.59. The summed E-state index contributed by atoms with van der Waals surface area (Å²) >= 11 is 0. The van der Waals surface area contributed by atoms with E-state index in [1.807, 2.05) is 0 Å². The molecule has 0 saturated heterocycles. The molecule has 0 aromatic heterocycles. The second-order valence-electron chi connectivity index (χ2n) is 3.84. The molecule has 1 heteroatoms. The second-order valence-corrected chi connectivity index (χ2v) is 3.84. The van der Waals surface area contributed by atoms with Crippen LogP contribution < -0.4 is 5.32 Å². The molecular weight excluding hydrogens is 122 g/mol. The Hall–Kier alpha value is -0.0400. The standard InChI is InChI=1S/C9H19N/c1-7(2)10-9-6-4-5-8(9)3/h7-10H,4-6H2,1-3H3. The van der Waals surface area contributed by atoms with Crippen molar-refractivity contribution in [3.05, 3.63) is 0 Å². The lowest BCUT2D eigenvalue weighted by molar-refractivity contribution is 0.395. The van der Waals surface area contributed by atoms with Gasteiger partial charge in [0.1, 0.15) is 0 Å². The Morgan fingerprint density at radius 3 is 2.40 bits per heavy atom. The fraction of sp³-hybridized carbons (Fsp3) is 1.00. The fourth-order valence-corrected chi connectivity index (χ4v) is 1.82. The van der Waals surface area contributed by atoms with Gasteiger partial charge < -0.3 is 5.32 Å². The highest BCUT2D eigenvalue weighted by atomic mass is 14.9. The number of rotatable bonds is 2. The van der Waals surface area contributed by atoms with Gasteiger partial charge in [0.2, 0.25) is 0 Å². The van der Waals surface area contributed by atoms with Crippen LogP contribution in [0, 0.1) is 5.92 Å². The minimum Gasteiger partial charge on any atom is -0.312 e. The van der Waals surface area contributed by atoms with Crippen molar-refractivity contribution < 1.29 is 0 Å². The zero-order chi connectivity index (χ0) is 7.56. The van der Waals surface area contributed by atoms with Crippen LogP contribution in [0.1, 0.15) is 40.0 Å². The molecule has 1 rings (SSSR count). The first-order valence-corrected chi connectivity index (χ1v) is 4.46. The van der Waals surface area contributed by atoms with Crippen molar-refractivity contribution in [3.8, 4) is 0 Å². The van der Waals surface area contributed by atoms with Gasteiger partial charge in [0, 0.05) is 12.1 Å². The molecular formula is C9H19N. The summed E-state index contributed by atoms with van der Waals surface area (Å²) in [5, 5.41) is 3.59. The summed E-state index contributed by atoms with van der Waals surface area (Å²) in [6, 6.07) is 1.46. The fourth-order valence-electron chi connectivity index (χ4n) is 1.82. The van der Waals surface area contributed by atoms with Gasteiger partial charge in [0.25, 0.3) is 0 Å². The average molecular weight is 141 g/mol. The van der Waals surface area contributed by atoms with Crippen LogP contribution in [-0.4, -0.2) is 12.1 Å². The van der Waals surface area contributed by atoms with Gasteiger partial charge in [-0.2, -0.15) is 0 Å². The van der Waals surface area contributed by atoms with Gasteiger partial charge in [0.05, 0.1) is 0 Å². The van der Waals surface area contributed by atoms with Crippen molar-refractivity contribution in [1.82, 2.24) is 5.32 Å². The number of hydrogen-bond donors (Lipinski definition) is 1. The third-order valence-electron chi connectivity index (χ3n) is 2.41. The van der Waals surface area contributed by atoms with E-state index in [0.29, 0.717) is 6.04 Å². The summed E-state index contributed by atoms with van der Waals surface area (Å²) in [7, 11) is 0. The number of hydrogen-bond acceptors (Lipinski definition) is 1. The predicted molar refractivity (Wildman–Crippen MR) is 45.1 cm³/mol. The van der Waals surface area contributed by atoms with E-state index in [-0.39, 0.29) is 0 Å². The largest absolute Gasteiger partial charge is 0.312 e. The van der Waals surface area contributed by atoms with E-state index >= 15 is 0 Å². The highest BCUT2D eigenvalue weighted by Gasteiger charge is 2.22. The third-order valence-corrected chi connectivity index (χ3v) is 2.41. The van der Waals surface area contributed by atoms with E-state index in [1.165, 1.54) is 19.3 Å². The van der Waals surface area contributed by atoms with Gasteiger partial charge in [-0.15, -0.1) is 0 Å². The van der Waals surface area contributed by atoms with Crippen molar-refractivity contribution in [1.29, 1.82) is 0 Å². The molecule has 1 nitrogen and oxygen atoms in total. The summed E-state index contributed by atoms with van der Waals surface area (Å²) in [6.07, 6.45) is 4.23. The monoisotopic (exact) mass is 141 g/mol. The van der Waals surface area contributed by atoms with Crippen molar-refractivity contribution >= 4 is 0 Å². The molecule has 0 amide bonds. The molecule has 1 fully saturated rings. The molecule has 1 aliphatic rings. The molecule has 0 heterocycles. The Morgan fingerprint density at radius 1 is 1.30 bits per heavy atom. The third kappa shape index (κ3) is 1.98. The van der Waals surface area contributed by atoms with Gasteiger partial charge >= 0.3 is 0 Å². The molecule has 0 aromatic rings. The Morgan fingerprint density at radius 2 is 2.00 bits per heavy atom. The Bertz CT molecular complexity index is 98.9. The normalized spacial score (nSPS) is 33.6. The molecule has 0 aliphatic heterocycles. The first-order chi connectivity index (χ1) is 4.70. The summed E-state index contributed by atoms with van der Waals surface area (Å²) in [6.45, 7) is 6.81. The maximum Gasteiger partial charge on any atom is 0.00950 e. The Labute approximate surface area is 64.2 Å². The summed E-state index contributed by atoms with van der Waals surface area (Å²) in [4.78, 5) is 0. The van der Waals surface area contributed by atoms with E-state index in [4.69, 9.17) is 0 Å². The van der Waals surface area contributed by atoms with Gasteiger partial charge in [-0.3, -0.25) is 0 Å². The molecule has 0 radical (unpaired) electrons. The lowest BCUT2D eigenvalue weighted by Gasteiger charge is -2.19. The SMILES string of the molecule is CC(C)NC1CCCC1C. The van der Waals surface area contributed by atoms with Crippen LogP contribution in [0.5, 0.6) is 0 Å². The lowest BCUT2D eigenvalue weighted by Crippen LogP contribution is -2.36. The van der Waals surface area contributed by atoms with Crippen LogP contribution >= 0.6 is 0 Å². The van der Waals surface area contributed by atoms with E-state index < -0.39 is 0 Å². The van der Waals surface area contributed by atoms with Gasteiger partial charge in [-0.25, -0.2) is 0 Å². The average Bonchev–Trinajstić information content (AvgIpc) is 2.15. The van der Waals surface area contributed by atoms with Gasteiger partial charge in [-0.1, -0.05) is 27.2 Å². The van der Waals surface area contributed by atoms with E-state index in [2.05, 4.69) is 26.1 Å². The summed E-state index contributed by atoms with van der Waals surface area (Å²) in [5.41, 5.74) is 0. The van der Waals surface area contributed by atoms with Crippen LogP contribution in [-0.2, 0) is 0 Å². The second kappa shape index (κ2) is 3.38. The van der Waals surface area contributed by atoms with Crippen molar-refractivity contribution in [2.75, 3.05) is 0 Å². The van der Waals surface area contributed by atoms with Crippen LogP contribution in [0.25, 0.3) is 0 Å². The maximum absolute atomic E-state index is 3.59. The molecule has 60 valence electrons. The molecule has 1 N–H and O–H groups in total. The Balaban J connectivity index is 2.26. The molecule has 10 heavy (non-hydrogen) atoms. The zero-order valence-electron chi connectivity index (χ0n) is 7.35. The molecule has 2 atom stereocenters. The highest BCUT2D eigenvalue weighted by molar-refractivity contribution is 4.80. The van der Waals surface area contributed by atoms with Gasteiger partial charge in [-0.05, 0) is 18.8 Å². The predicted octanol–water partition coefficient (Wildman–Crippen LogP) is 2.17. The highest BCUT2D eigenvalue weighted by Crippen LogP contribution is 2.24. The van der Waals surface area contributed by atoms with Crippen LogP contribution in [0.2, 0.25) is 0 Å². The zero-order valence-corrected chi connectivity index (χ0v) is 7.35. The van der Waals surface area contributed by atoms with Crippen LogP contribution in [0.4, 0.5) is 0 Å². The van der Waals surface area contributed by atoms with E-state index in [1.54, 1.807) is 0 Å². The van der Waals surface area contributed by atoms with Crippen molar-refractivity contribution in [2.24, 2.45) is 5.92 Å². The van der Waals surface area contributed by atoms with Crippen LogP contribution in [0.15, 0.2) is 0 Å². The lowest BCUT2D eigenvalue weighted by atomic mass is 10.1. The molecule has 1 aliphatic carbocycles. The molecule has 0 aromatic carbocycles. The van der Waals surface area contributed by atoms with Crippen molar-refractivity contribution in [2.45, 2.75) is 52.1 Å². The van der Waals surface area contributed by atoms with Crippen molar-refractivity contribution in [3.63, 3.8) is 0 Å². The summed E-state index contributed by atoms with van der Waals surface area (Å²) in [5.74, 6) is 0.905. The molecule has 0 spiro atoms. The quantitative estimate of drug-likeness (QED) is 0.621. The molecule has 1 saturated carbocycles. The topological polar surface area (TPSA) is 12.0 Å². The van der Waals surface area contributed by atoms with Crippen LogP contribution in [0.3, 0.4) is 0 Å². The minimum atomic E-state index is 0.658. The minimum absolute atomic E-state index is 0.658. The van der Waals surface area contributed by atoms with E-state index in [9.17, 15) is 0 Å². The Kier molecular flexibility index (Phi) is 2.72.